The van der Waals surface area contributed by atoms with Crippen LogP contribution in [-0.2, 0) is 0 Å². The number of aliphatic hydroxyl groups is 1. The second-order valence-corrected chi connectivity index (χ2v) is 3.87. The summed E-state index contributed by atoms with van der Waals surface area (Å²) in [7, 11) is 0. The van der Waals surface area contributed by atoms with Crippen molar-refractivity contribution in [1.82, 2.24) is 4.98 Å². The van der Waals surface area contributed by atoms with Gasteiger partial charge in [-0.25, -0.2) is 0 Å². The van der Waals surface area contributed by atoms with Crippen molar-refractivity contribution in [3.05, 3.63) is 33.6 Å². The monoisotopic (exact) mass is 224 g/mol. The van der Waals surface area contributed by atoms with Crippen molar-refractivity contribution in [2.24, 2.45) is 0 Å². The van der Waals surface area contributed by atoms with Crippen molar-refractivity contribution >= 4 is 5.69 Å². The summed E-state index contributed by atoms with van der Waals surface area (Å²) in [5, 5.41) is 20.6. The van der Waals surface area contributed by atoms with Crippen molar-refractivity contribution in [2.75, 3.05) is 0 Å². The lowest BCUT2D eigenvalue weighted by Gasteiger charge is -2.17. The molecule has 0 radical (unpaired) electrons. The number of hydrogen-bond acceptors (Lipinski definition) is 4. The van der Waals surface area contributed by atoms with E-state index in [1.807, 2.05) is 6.92 Å². The minimum absolute atomic E-state index is 0.0234. The van der Waals surface area contributed by atoms with Crippen LogP contribution in [0, 0.1) is 17.0 Å². The van der Waals surface area contributed by atoms with Gasteiger partial charge in [-0.05, 0) is 26.3 Å². The molecule has 1 aromatic rings. The molecule has 0 aliphatic heterocycles. The molecule has 5 nitrogen and oxygen atoms in total. The Labute approximate surface area is 94.3 Å². The SMILES string of the molecule is CCC(c1nccc(C)c1[N+](=O)[O-])C(C)O. The zero-order valence-corrected chi connectivity index (χ0v) is 9.67. The summed E-state index contributed by atoms with van der Waals surface area (Å²) in [6.45, 7) is 5.19. The van der Waals surface area contributed by atoms with E-state index < -0.39 is 11.0 Å². The van der Waals surface area contributed by atoms with E-state index in [9.17, 15) is 15.2 Å². The van der Waals surface area contributed by atoms with E-state index in [-0.39, 0.29) is 11.6 Å². The number of nitro groups is 1. The molecule has 0 fully saturated rings. The number of aryl methyl sites for hydroxylation is 1. The smallest absolute Gasteiger partial charge is 0.293 e. The molecule has 0 aliphatic carbocycles. The summed E-state index contributed by atoms with van der Waals surface area (Å²) >= 11 is 0. The maximum atomic E-state index is 11.0. The molecule has 0 saturated carbocycles. The first kappa shape index (κ1) is 12.6. The van der Waals surface area contributed by atoms with Crippen LogP contribution in [0.15, 0.2) is 12.3 Å². The Balaban J connectivity index is 3.31. The number of aromatic nitrogens is 1. The largest absolute Gasteiger partial charge is 0.393 e. The Morgan fingerprint density at radius 1 is 1.62 bits per heavy atom. The molecule has 0 bridgehead atoms. The molecule has 5 heteroatoms. The lowest BCUT2D eigenvalue weighted by molar-refractivity contribution is -0.386. The molecule has 88 valence electrons. The van der Waals surface area contributed by atoms with Crippen molar-refractivity contribution in [3.63, 3.8) is 0 Å². The van der Waals surface area contributed by atoms with Gasteiger partial charge in [0.2, 0.25) is 0 Å². The van der Waals surface area contributed by atoms with E-state index in [1.165, 1.54) is 0 Å². The normalized spacial score (nSPS) is 14.5. The highest BCUT2D eigenvalue weighted by molar-refractivity contribution is 5.44. The lowest BCUT2D eigenvalue weighted by atomic mass is 9.94. The topological polar surface area (TPSA) is 76.3 Å². The average molecular weight is 224 g/mol. The summed E-state index contributed by atoms with van der Waals surface area (Å²) < 4.78 is 0. The standard InChI is InChI=1S/C11H16N2O3/c1-4-9(8(3)14)10-11(13(15)16)7(2)5-6-12-10/h5-6,8-9,14H,4H2,1-3H3. The first-order valence-electron chi connectivity index (χ1n) is 5.27. The zero-order chi connectivity index (χ0) is 12.3. The molecule has 2 atom stereocenters. The van der Waals surface area contributed by atoms with Crippen LogP contribution >= 0.6 is 0 Å². The molecule has 0 aliphatic rings. The van der Waals surface area contributed by atoms with Crippen molar-refractivity contribution < 1.29 is 10.0 Å². The van der Waals surface area contributed by atoms with Gasteiger partial charge >= 0.3 is 0 Å². The lowest BCUT2D eigenvalue weighted by Crippen LogP contribution is -2.17. The van der Waals surface area contributed by atoms with Gasteiger partial charge in [0.15, 0.2) is 0 Å². The number of hydrogen-bond donors (Lipinski definition) is 1. The van der Waals surface area contributed by atoms with Gasteiger partial charge in [0.1, 0.15) is 5.69 Å². The third-order valence-electron chi connectivity index (χ3n) is 2.71. The third kappa shape index (κ3) is 2.36. The van der Waals surface area contributed by atoms with Crippen LogP contribution in [-0.4, -0.2) is 21.1 Å². The van der Waals surface area contributed by atoms with E-state index in [1.54, 1.807) is 26.1 Å². The molecule has 0 amide bonds. The minimum Gasteiger partial charge on any atom is -0.393 e. The van der Waals surface area contributed by atoms with Gasteiger partial charge in [0.05, 0.1) is 11.0 Å². The summed E-state index contributed by atoms with van der Waals surface area (Å²) in [5.41, 5.74) is 0.979. The van der Waals surface area contributed by atoms with Crippen LogP contribution in [0.4, 0.5) is 5.69 Å². The Bertz CT molecular complexity index is 391. The summed E-state index contributed by atoms with van der Waals surface area (Å²) in [6.07, 6.45) is 1.52. The molecule has 16 heavy (non-hydrogen) atoms. The summed E-state index contributed by atoms with van der Waals surface area (Å²) in [6, 6.07) is 1.61. The van der Waals surface area contributed by atoms with Gasteiger partial charge in [-0.3, -0.25) is 15.1 Å². The van der Waals surface area contributed by atoms with Crippen LogP contribution in [0.1, 0.15) is 37.4 Å². The predicted molar refractivity (Wildman–Crippen MR) is 60.3 cm³/mol. The van der Waals surface area contributed by atoms with Crippen LogP contribution in [0.25, 0.3) is 0 Å². The highest BCUT2D eigenvalue weighted by Gasteiger charge is 2.27. The van der Waals surface area contributed by atoms with Gasteiger partial charge in [-0.2, -0.15) is 0 Å². The van der Waals surface area contributed by atoms with E-state index in [4.69, 9.17) is 0 Å². The van der Waals surface area contributed by atoms with Crippen molar-refractivity contribution in [1.29, 1.82) is 0 Å². The first-order valence-corrected chi connectivity index (χ1v) is 5.27. The van der Waals surface area contributed by atoms with Gasteiger partial charge in [-0.1, -0.05) is 6.92 Å². The number of pyridine rings is 1. The van der Waals surface area contributed by atoms with E-state index in [0.717, 1.165) is 0 Å². The second-order valence-electron chi connectivity index (χ2n) is 3.87. The molecule has 0 spiro atoms. The Kier molecular flexibility index (Phi) is 3.95. The third-order valence-corrected chi connectivity index (χ3v) is 2.71. The van der Waals surface area contributed by atoms with Gasteiger partial charge < -0.3 is 5.11 Å². The van der Waals surface area contributed by atoms with Crippen LogP contribution in [0.3, 0.4) is 0 Å². The zero-order valence-electron chi connectivity index (χ0n) is 9.67. The number of aliphatic hydroxyl groups excluding tert-OH is 1. The molecule has 1 heterocycles. The molecule has 0 saturated heterocycles. The van der Waals surface area contributed by atoms with E-state index >= 15 is 0 Å². The Morgan fingerprint density at radius 3 is 2.69 bits per heavy atom. The second kappa shape index (κ2) is 5.03. The summed E-state index contributed by atoms with van der Waals surface area (Å²) in [4.78, 5) is 14.6. The Morgan fingerprint density at radius 2 is 2.25 bits per heavy atom. The maximum absolute atomic E-state index is 11.0. The molecular formula is C11H16N2O3. The number of nitrogens with zero attached hydrogens (tertiary/aromatic N) is 2. The Hall–Kier alpha value is -1.49. The molecule has 1 N–H and O–H groups in total. The molecule has 2 unspecified atom stereocenters. The fraction of sp³-hybridized carbons (Fsp3) is 0.545. The van der Waals surface area contributed by atoms with Crippen LogP contribution < -0.4 is 0 Å². The highest BCUT2D eigenvalue weighted by Crippen LogP contribution is 2.31. The molecule has 0 aromatic carbocycles. The number of rotatable bonds is 4. The average Bonchev–Trinajstić information content (AvgIpc) is 2.17. The fourth-order valence-corrected chi connectivity index (χ4v) is 1.84. The fourth-order valence-electron chi connectivity index (χ4n) is 1.84. The quantitative estimate of drug-likeness (QED) is 0.628. The van der Waals surface area contributed by atoms with E-state index in [0.29, 0.717) is 17.7 Å². The highest BCUT2D eigenvalue weighted by atomic mass is 16.6. The first-order chi connectivity index (χ1) is 7.49. The van der Waals surface area contributed by atoms with Crippen molar-refractivity contribution in [2.45, 2.75) is 39.2 Å². The van der Waals surface area contributed by atoms with Crippen molar-refractivity contribution in [3.8, 4) is 0 Å². The van der Waals surface area contributed by atoms with E-state index in [2.05, 4.69) is 4.98 Å². The van der Waals surface area contributed by atoms with Crippen LogP contribution in [0.2, 0.25) is 0 Å². The molecule has 1 rings (SSSR count). The summed E-state index contributed by atoms with van der Waals surface area (Å²) in [5.74, 6) is -0.291. The minimum atomic E-state index is -0.641. The molecular weight excluding hydrogens is 208 g/mol. The maximum Gasteiger partial charge on any atom is 0.293 e. The van der Waals surface area contributed by atoms with Gasteiger partial charge in [0, 0.05) is 17.7 Å². The predicted octanol–water partition coefficient (Wildman–Crippen LogP) is 2.17. The molecule has 1 aromatic heterocycles. The van der Waals surface area contributed by atoms with Gasteiger partial charge in [0.25, 0.3) is 5.69 Å². The van der Waals surface area contributed by atoms with Gasteiger partial charge in [-0.15, -0.1) is 0 Å². The van der Waals surface area contributed by atoms with Crippen LogP contribution in [0.5, 0.6) is 0 Å².